The van der Waals surface area contributed by atoms with Crippen molar-refractivity contribution < 1.29 is 14.6 Å². The van der Waals surface area contributed by atoms with Gasteiger partial charge in [0.2, 0.25) is 0 Å². The first-order valence-electron chi connectivity index (χ1n) is 9.20. The summed E-state index contributed by atoms with van der Waals surface area (Å²) in [5.41, 5.74) is 0.114. The molecule has 1 aliphatic heterocycles. The third kappa shape index (κ3) is 3.61. The first-order valence-corrected chi connectivity index (χ1v) is 9.20. The Morgan fingerprint density at radius 2 is 1.96 bits per heavy atom. The van der Waals surface area contributed by atoms with Crippen molar-refractivity contribution in [3.8, 4) is 5.82 Å². The molecule has 3 aromatic rings. The Morgan fingerprint density at radius 1 is 1.18 bits per heavy atom. The monoisotopic (exact) mass is 383 g/mol. The minimum absolute atomic E-state index is 0.181. The largest absolute Gasteiger partial charge is 0.396 e. The summed E-state index contributed by atoms with van der Waals surface area (Å²) in [6, 6.07) is 9.84. The molecule has 0 radical (unpaired) electrons. The van der Waals surface area contributed by atoms with Gasteiger partial charge in [-0.15, -0.1) is 0 Å². The van der Waals surface area contributed by atoms with E-state index in [1.807, 2.05) is 17.0 Å². The molecular weight excluding hydrogens is 361 g/mol. The van der Waals surface area contributed by atoms with Gasteiger partial charge in [0.25, 0.3) is 0 Å². The third-order valence-corrected chi connectivity index (χ3v) is 5.37. The van der Waals surface area contributed by atoms with Gasteiger partial charge in [0.05, 0.1) is 12.7 Å². The number of hydrogen-bond acceptors (Lipinski definition) is 6. The van der Waals surface area contributed by atoms with Crippen LogP contribution in [0.2, 0.25) is 0 Å². The predicted molar refractivity (Wildman–Crippen MR) is 102 cm³/mol. The van der Waals surface area contributed by atoms with Gasteiger partial charge in [-0.2, -0.15) is 5.10 Å². The maximum absolute atomic E-state index is 13.2. The lowest BCUT2D eigenvalue weighted by molar-refractivity contribution is -0.0292. The van der Waals surface area contributed by atoms with Crippen LogP contribution in [0.15, 0.2) is 55.1 Å². The zero-order valence-corrected chi connectivity index (χ0v) is 15.3. The summed E-state index contributed by atoms with van der Waals surface area (Å²) in [6.07, 6.45) is 5.25. The summed E-state index contributed by atoms with van der Waals surface area (Å²) in [5.74, 6) is 1.05. The van der Waals surface area contributed by atoms with Crippen LogP contribution in [0.5, 0.6) is 0 Å². The van der Waals surface area contributed by atoms with Crippen molar-refractivity contribution in [3.05, 3.63) is 66.5 Å². The van der Waals surface area contributed by atoms with Crippen LogP contribution >= 0.6 is 0 Å². The number of hydrogen-bond donors (Lipinski definition) is 2. The van der Waals surface area contributed by atoms with E-state index in [1.54, 1.807) is 29.2 Å². The van der Waals surface area contributed by atoms with Crippen molar-refractivity contribution in [3.63, 3.8) is 0 Å². The zero-order chi connectivity index (χ0) is 19.6. The average molecular weight is 383 g/mol. The van der Waals surface area contributed by atoms with Crippen LogP contribution < -0.4 is 4.90 Å². The summed E-state index contributed by atoms with van der Waals surface area (Å²) >= 11 is 0. The quantitative estimate of drug-likeness (QED) is 0.696. The number of benzene rings is 1. The second-order valence-electron chi connectivity index (χ2n) is 7.23. The molecule has 8 heteroatoms. The van der Waals surface area contributed by atoms with E-state index >= 15 is 0 Å². The molecule has 0 unspecified atom stereocenters. The fourth-order valence-corrected chi connectivity index (χ4v) is 3.78. The molecule has 2 aromatic heterocycles. The minimum Gasteiger partial charge on any atom is -0.396 e. The van der Waals surface area contributed by atoms with Gasteiger partial charge >= 0.3 is 0 Å². The molecule has 3 heterocycles. The molecule has 0 bridgehead atoms. The van der Waals surface area contributed by atoms with Crippen molar-refractivity contribution in [2.75, 3.05) is 24.6 Å². The van der Waals surface area contributed by atoms with Crippen LogP contribution in [0.4, 0.5) is 10.2 Å². The first kappa shape index (κ1) is 18.5. The SMILES string of the molecule is OC[C@]1(Cc2ccc(F)cc2)CN(c2cc(-n3cccn3)ncn2)CC[C@@H]1O. The highest BCUT2D eigenvalue weighted by Gasteiger charge is 2.43. The summed E-state index contributed by atoms with van der Waals surface area (Å²) in [5, 5.41) is 25.1. The Morgan fingerprint density at radius 3 is 2.68 bits per heavy atom. The van der Waals surface area contributed by atoms with Gasteiger partial charge in [0, 0.05) is 37.0 Å². The van der Waals surface area contributed by atoms with Crippen molar-refractivity contribution in [1.29, 1.82) is 0 Å². The maximum Gasteiger partial charge on any atom is 0.158 e. The van der Waals surface area contributed by atoms with Gasteiger partial charge in [-0.3, -0.25) is 0 Å². The van der Waals surface area contributed by atoms with E-state index in [-0.39, 0.29) is 12.4 Å². The predicted octanol–water partition coefficient (Wildman–Crippen LogP) is 1.59. The Hall–Kier alpha value is -2.84. The van der Waals surface area contributed by atoms with Crippen molar-refractivity contribution in [2.45, 2.75) is 18.9 Å². The Balaban J connectivity index is 1.60. The molecule has 28 heavy (non-hydrogen) atoms. The lowest BCUT2D eigenvalue weighted by Gasteiger charge is -2.46. The molecular formula is C20H22FN5O2. The van der Waals surface area contributed by atoms with E-state index in [0.29, 0.717) is 37.6 Å². The first-order chi connectivity index (χ1) is 13.6. The lowest BCUT2D eigenvalue weighted by atomic mass is 9.73. The van der Waals surface area contributed by atoms with E-state index < -0.39 is 11.5 Å². The van der Waals surface area contributed by atoms with E-state index in [1.165, 1.54) is 18.5 Å². The summed E-state index contributed by atoms with van der Waals surface area (Å²) in [4.78, 5) is 10.7. The van der Waals surface area contributed by atoms with Gasteiger partial charge in [-0.25, -0.2) is 19.0 Å². The topological polar surface area (TPSA) is 87.3 Å². The van der Waals surface area contributed by atoms with Gasteiger partial charge in [-0.05, 0) is 36.6 Å². The highest BCUT2D eigenvalue weighted by atomic mass is 19.1. The lowest BCUT2D eigenvalue weighted by Crippen LogP contribution is -2.55. The average Bonchev–Trinajstić information content (AvgIpc) is 3.26. The number of piperidine rings is 1. The van der Waals surface area contributed by atoms with E-state index in [9.17, 15) is 14.6 Å². The van der Waals surface area contributed by atoms with Crippen LogP contribution in [0.1, 0.15) is 12.0 Å². The molecule has 0 spiro atoms. The fourth-order valence-electron chi connectivity index (χ4n) is 3.78. The molecule has 4 rings (SSSR count). The van der Waals surface area contributed by atoms with Crippen LogP contribution in [-0.2, 0) is 6.42 Å². The number of aliphatic hydroxyl groups is 2. The number of anilines is 1. The van der Waals surface area contributed by atoms with Crippen molar-refractivity contribution in [2.24, 2.45) is 5.41 Å². The van der Waals surface area contributed by atoms with Gasteiger partial charge in [0.15, 0.2) is 5.82 Å². The van der Waals surface area contributed by atoms with Gasteiger partial charge in [-0.1, -0.05) is 12.1 Å². The molecule has 1 saturated heterocycles. The van der Waals surface area contributed by atoms with E-state index in [0.717, 1.165) is 5.56 Å². The molecule has 2 N–H and O–H groups in total. The summed E-state index contributed by atoms with van der Waals surface area (Å²) in [6.45, 7) is 0.860. The molecule has 0 saturated carbocycles. The van der Waals surface area contributed by atoms with Crippen molar-refractivity contribution in [1.82, 2.24) is 19.7 Å². The van der Waals surface area contributed by atoms with Crippen LogP contribution in [0.25, 0.3) is 5.82 Å². The Labute approximate surface area is 162 Å². The standard InChI is InChI=1S/C20H22FN5O2/c21-16-4-2-15(3-5-16)11-20(13-27)12-25(9-6-17(20)28)18-10-19(23-14-22-18)26-8-1-7-24-26/h1-5,7-8,10,14,17,27-28H,6,9,11-13H2/t17-,20-/m0/s1. The number of halogens is 1. The summed E-state index contributed by atoms with van der Waals surface area (Å²) < 4.78 is 14.9. The highest BCUT2D eigenvalue weighted by molar-refractivity contribution is 5.44. The molecule has 7 nitrogen and oxygen atoms in total. The molecule has 1 fully saturated rings. The number of aliphatic hydroxyl groups excluding tert-OH is 2. The van der Waals surface area contributed by atoms with Gasteiger partial charge < -0.3 is 15.1 Å². The molecule has 0 amide bonds. The fraction of sp³-hybridized carbons (Fsp3) is 0.350. The molecule has 1 aliphatic rings. The zero-order valence-electron chi connectivity index (χ0n) is 15.3. The Kier molecular flexibility index (Phi) is 5.06. The second kappa shape index (κ2) is 7.65. The van der Waals surface area contributed by atoms with Crippen LogP contribution in [0, 0.1) is 11.2 Å². The third-order valence-electron chi connectivity index (χ3n) is 5.37. The minimum atomic E-state index is -0.757. The molecule has 146 valence electrons. The number of rotatable bonds is 5. The smallest absolute Gasteiger partial charge is 0.158 e. The molecule has 0 aliphatic carbocycles. The summed E-state index contributed by atoms with van der Waals surface area (Å²) in [7, 11) is 0. The maximum atomic E-state index is 13.2. The van der Waals surface area contributed by atoms with Crippen LogP contribution in [-0.4, -0.2) is 55.8 Å². The van der Waals surface area contributed by atoms with E-state index in [2.05, 4.69) is 15.1 Å². The number of nitrogens with zero attached hydrogens (tertiary/aromatic N) is 5. The van der Waals surface area contributed by atoms with E-state index in [4.69, 9.17) is 0 Å². The van der Waals surface area contributed by atoms with Crippen LogP contribution in [0.3, 0.4) is 0 Å². The van der Waals surface area contributed by atoms with Gasteiger partial charge in [0.1, 0.15) is 18.0 Å². The number of aromatic nitrogens is 4. The Bertz CT molecular complexity index is 919. The van der Waals surface area contributed by atoms with Crippen molar-refractivity contribution >= 4 is 5.82 Å². The highest BCUT2D eigenvalue weighted by Crippen LogP contribution is 2.35. The second-order valence-corrected chi connectivity index (χ2v) is 7.23. The normalized spacial score (nSPS) is 22.4. The molecule has 2 atom stereocenters. The molecule has 1 aromatic carbocycles.